The summed E-state index contributed by atoms with van der Waals surface area (Å²) in [7, 11) is 0. The molecule has 1 aromatic heterocycles. The van der Waals surface area contributed by atoms with Crippen molar-refractivity contribution in [2.24, 2.45) is 0 Å². The third kappa shape index (κ3) is 1.43. The second-order valence-corrected chi connectivity index (χ2v) is 4.04. The third-order valence-electron chi connectivity index (χ3n) is 1.79. The van der Waals surface area contributed by atoms with Crippen molar-refractivity contribution < 1.29 is 0 Å². The molecule has 12 heavy (non-hydrogen) atoms. The summed E-state index contributed by atoms with van der Waals surface area (Å²) in [5.41, 5.74) is 2.16. The summed E-state index contributed by atoms with van der Waals surface area (Å²) in [4.78, 5) is 4.43. The lowest BCUT2D eigenvalue weighted by atomic mass is 10.2. The van der Waals surface area contributed by atoms with Crippen LogP contribution < -0.4 is 0 Å². The van der Waals surface area contributed by atoms with E-state index in [2.05, 4.69) is 51.8 Å². The van der Waals surface area contributed by atoms with Crippen molar-refractivity contribution >= 4 is 33.5 Å². The quantitative estimate of drug-likeness (QED) is 0.669. The molecule has 0 spiro atoms. The van der Waals surface area contributed by atoms with Crippen LogP contribution in [0.3, 0.4) is 0 Å². The predicted octanol–water partition coefficient (Wildman–Crippen LogP) is 3.15. The average molecular weight is 269 g/mol. The summed E-state index contributed by atoms with van der Waals surface area (Å²) >= 11 is 2.30. The number of fused-ring (bicyclic) bond motifs is 1. The summed E-state index contributed by atoms with van der Waals surface area (Å²) in [6.45, 7) is 2.01. The van der Waals surface area contributed by atoms with Crippen molar-refractivity contribution in [3.63, 3.8) is 0 Å². The van der Waals surface area contributed by atoms with Gasteiger partial charge >= 0.3 is 0 Å². The van der Waals surface area contributed by atoms with Gasteiger partial charge in [-0.05, 0) is 47.7 Å². The van der Waals surface area contributed by atoms with E-state index in [1.165, 1.54) is 8.96 Å². The standard InChI is InChI=1S/C10H8IN/c1-7-2-3-8-4-5-9(11)6-10(8)12-7/h2-6H,1H3. The van der Waals surface area contributed by atoms with Crippen molar-refractivity contribution in [1.29, 1.82) is 0 Å². The van der Waals surface area contributed by atoms with E-state index in [1.54, 1.807) is 0 Å². The van der Waals surface area contributed by atoms with E-state index in [9.17, 15) is 0 Å². The normalized spacial score (nSPS) is 10.5. The molecule has 0 aliphatic carbocycles. The van der Waals surface area contributed by atoms with Gasteiger partial charge in [0.1, 0.15) is 0 Å². The maximum atomic E-state index is 4.43. The van der Waals surface area contributed by atoms with Gasteiger partial charge in [0.2, 0.25) is 0 Å². The minimum Gasteiger partial charge on any atom is -0.253 e. The van der Waals surface area contributed by atoms with E-state index >= 15 is 0 Å². The van der Waals surface area contributed by atoms with Gasteiger partial charge in [0, 0.05) is 14.7 Å². The highest BCUT2D eigenvalue weighted by Crippen LogP contribution is 2.15. The first kappa shape index (κ1) is 7.98. The van der Waals surface area contributed by atoms with E-state index in [0.29, 0.717) is 0 Å². The lowest BCUT2D eigenvalue weighted by Crippen LogP contribution is -1.82. The fourth-order valence-electron chi connectivity index (χ4n) is 1.19. The number of aryl methyl sites for hydroxylation is 1. The zero-order valence-electron chi connectivity index (χ0n) is 6.71. The first-order valence-electron chi connectivity index (χ1n) is 3.78. The number of hydrogen-bond donors (Lipinski definition) is 0. The molecule has 0 N–H and O–H groups in total. The van der Waals surface area contributed by atoms with Crippen LogP contribution in [0.5, 0.6) is 0 Å². The van der Waals surface area contributed by atoms with Crippen LogP contribution in [0.2, 0.25) is 0 Å². The molecule has 1 heterocycles. The monoisotopic (exact) mass is 269 g/mol. The average Bonchev–Trinajstić information content (AvgIpc) is 2.03. The van der Waals surface area contributed by atoms with Crippen LogP contribution in [0.15, 0.2) is 30.3 Å². The molecule has 1 aromatic carbocycles. The van der Waals surface area contributed by atoms with Crippen LogP contribution in [0.1, 0.15) is 5.69 Å². The van der Waals surface area contributed by atoms with E-state index in [-0.39, 0.29) is 0 Å². The molecule has 0 saturated heterocycles. The molecular weight excluding hydrogens is 261 g/mol. The Kier molecular flexibility index (Phi) is 2.00. The van der Waals surface area contributed by atoms with Gasteiger partial charge in [-0.3, -0.25) is 4.98 Å². The molecule has 0 atom stereocenters. The molecule has 0 amide bonds. The molecule has 0 radical (unpaired) electrons. The summed E-state index contributed by atoms with van der Waals surface area (Å²) in [5.74, 6) is 0. The number of benzene rings is 1. The highest BCUT2D eigenvalue weighted by molar-refractivity contribution is 14.1. The molecule has 2 rings (SSSR count). The molecule has 0 unspecified atom stereocenters. The van der Waals surface area contributed by atoms with Crippen molar-refractivity contribution in [1.82, 2.24) is 4.98 Å². The van der Waals surface area contributed by atoms with Crippen LogP contribution in [0.4, 0.5) is 0 Å². The van der Waals surface area contributed by atoms with E-state index in [4.69, 9.17) is 0 Å². The maximum Gasteiger partial charge on any atom is 0.0715 e. The molecule has 60 valence electrons. The number of hydrogen-bond acceptors (Lipinski definition) is 1. The Balaban J connectivity index is 2.80. The Morgan fingerprint density at radius 1 is 1.17 bits per heavy atom. The number of nitrogens with zero attached hydrogens (tertiary/aromatic N) is 1. The highest BCUT2D eigenvalue weighted by Gasteiger charge is 1.94. The molecule has 0 aliphatic heterocycles. The summed E-state index contributed by atoms with van der Waals surface area (Å²) in [6.07, 6.45) is 0. The van der Waals surface area contributed by atoms with Crippen LogP contribution >= 0.6 is 22.6 Å². The summed E-state index contributed by atoms with van der Waals surface area (Å²) in [5, 5.41) is 1.21. The van der Waals surface area contributed by atoms with Gasteiger partial charge in [0.15, 0.2) is 0 Å². The Morgan fingerprint density at radius 3 is 2.75 bits per heavy atom. The summed E-state index contributed by atoms with van der Waals surface area (Å²) < 4.78 is 1.23. The molecule has 2 heteroatoms. The van der Waals surface area contributed by atoms with E-state index < -0.39 is 0 Å². The first-order valence-corrected chi connectivity index (χ1v) is 4.86. The SMILES string of the molecule is Cc1ccc2ccc(I)cc2n1. The van der Waals surface area contributed by atoms with Crippen LogP contribution in [-0.4, -0.2) is 4.98 Å². The van der Waals surface area contributed by atoms with Crippen molar-refractivity contribution in [3.05, 3.63) is 39.6 Å². The number of aromatic nitrogens is 1. The van der Waals surface area contributed by atoms with Gasteiger partial charge in [-0.25, -0.2) is 0 Å². The molecule has 0 fully saturated rings. The Bertz CT molecular complexity index is 386. The topological polar surface area (TPSA) is 12.9 Å². The van der Waals surface area contributed by atoms with Gasteiger partial charge in [-0.15, -0.1) is 0 Å². The number of rotatable bonds is 0. The Labute approximate surface area is 85.0 Å². The lowest BCUT2D eigenvalue weighted by molar-refractivity contribution is 1.25. The van der Waals surface area contributed by atoms with Crippen molar-refractivity contribution in [3.8, 4) is 0 Å². The fraction of sp³-hybridized carbons (Fsp3) is 0.100. The predicted molar refractivity (Wildman–Crippen MR) is 59.2 cm³/mol. The molecule has 0 aliphatic rings. The zero-order chi connectivity index (χ0) is 8.55. The second-order valence-electron chi connectivity index (χ2n) is 2.79. The third-order valence-corrected chi connectivity index (χ3v) is 2.46. The highest BCUT2D eigenvalue weighted by atomic mass is 127. The largest absolute Gasteiger partial charge is 0.253 e. The minimum absolute atomic E-state index is 1.07. The van der Waals surface area contributed by atoms with Gasteiger partial charge in [0.25, 0.3) is 0 Å². The zero-order valence-corrected chi connectivity index (χ0v) is 8.87. The van der Waals surface area contributed by atoms with Crippen molar-refractivity contribution in [2.45, 2.75) is 6.92 Å². The Hall–Kier alpha value is -0.640. The van der Waals surface area contributed by atoms with Crippen LogP contribution in [-0.2, 0) is 0 Å². The first-order chi connectivity index (χ1) is 5.75. The molecular formula is C10H8IN. The smallest absolute Gasteiger partial charge is 0.0715 e. The van der Waals surface area contributed by atoms with E-state index in [1.807, 2.05) is 13.0 Å². The number of pyridine rings is 1. The van der Waals surface area contributed by atoms with Gasteiger partial charge < -0.3 is 0 Å². The number of halogens is 1. The van der Waals surface area contributed by atoms with Crippen LogP contribution in [0.25, 0.3) is 10.9 Å². The van der Waals surface area contributed by atoms with Gasteiger partial charge in [0.05, 0.1) is 5.52 Å². The maximum absolute atomic E-state index is 4.43. The van der Waals surface area contributed by atoms with Crippen LogP contribution in [0, 0.1) is 10.5 Å². The lowest BCUT2D eigenvalue weighted by Gasteiger charge is -1.98. The second kappa shape index (κ2) is 3.01. The Morgan fingerprint density at radius 2 is 1.92 bits per heavy atom. The van der Waals surface area contributed by atoms with Gasteiger partial charge in [-0.2, -0.15) is 0 Å². The summed E-state index contributed by atoms with van der Waals surface area (Å²) in [6, 6.07) is 10.4. The van der Waals surface area contributed by atoms with Gasteiger partial charge in [-0.1, -0.05) is 12.1 Å². The van der Waals surface area contributed by atoms with Crippen molar-refractivity contribution in [2.75, 3.05) is 0 Å². The molecule has 0 bridgehead atoms. The molecule has 0 saturated carbocycles. The fourth-order valence-corrected chi connectivity index (χ4v) is 1.67. The van der Waals surface area contributed by atoms with E-state index in [0.717, 1.165) is 11.2 Å². The molecule has 2 aromatic rings. The minimum atomic E-state index is 1.07. The molecule has 1 nitrogen and oxygen atoms in total.